The van der Waals surface area contributed by atoms with Crippen molar-refractivity contribution in [3.05, 3.63) is 64.5 Å². The topological polar surface area (TPSA) is 45.1 Å². The van der Waals surface area contributed by atoms with Gasteiger partial charge in [-0.15, -0.1) is 0 Å². The van der Waals surface area contributed by atoms with Crippen molar-refractivity contribution >= 4 is 17.2 Å². The van der Waals surface area contributed by atoms with Gasteiger partial charge in [-0.05, 0) is 52.6 Å². The minimum absolute atomic E-state index is 0.328. The number of phenols is 1. The number of nitrogens with one attached hydrogen (secondary N) is 1. The molecule has 0 fully saturated rings. The van der Waals surface area contributed by atoms with Gasteiger partial charge in [-0.2, -0.15) is 11.3 Å². The molecule has 0 bridgehead atoms. The second-order valence-electron chi connectivity index (χ2n) is 5.63. The molecule has 0 spiro atoms. The SMILES string of the molecule is Oc1cccc(CC2CNc3ncc(-c4ccsc4)cc32)c1. The van der Waals surface area contributed by atoms with E-state index in [0.717, 1.165) is 24.3 Å². The molecule has 110 valence electrons. The van der Waals surface area contributed by atoms with Crippen LogP contribution in [0.15, 0.2) is 53.4 Å². The van der Waals surface area contributed by atoms with Gasteiger partial charge in [0, 0.05) is 29.8 Å². The second-order valence-corrected chi connectivity index (χ2v) is 6.41. The summed E-state index contributed by atoms with van der Waals surface area (Å²) < 4.78 is 0. The van der Waals surface area contributed by atoms with E-state index in [0.29, 0.717) is 11.7 Å². The highest BCUT2D eigenvalue weighted by Crippen LogP contribution is 2.35. The molecule has 0 aliphatic carbocycles. The number of anilines is 1. The summed E-state index contributed by atoms with van der Waals surface area (Å²) in [6, 6.07) is 11.9. The number of phenolic OH excluding ortho intramolecular Hbond substituents is 1. The monoisotopic (exact) mass is 308 g/mol. The molecule has 2 N–H and O–H groups in total. The molecule has 22 heavy (non-hydrogen) atoms. The van der Waals surface area contributed by atoms with Gasteiger partial charge in [-0.3, -0.25) is 0 Å². The summed E-state index contributed by atoms with van der Waals surface area (Å²) in [5.41, 5.74) is 4.82. The smallest absolute Gasteiger partial charge is 0.129 e. The third kappa shape index (κ3) is 2.46. The first-order valence-corrected chi connectivity index (χ1v) is 8.28. The van der Waals surface area contributed by atoms with Crippen LogP contribution in [-0.4, -0.2) is 16.6 Å². The summed E-state index contributed by atoms with van der Waals surface area (Å²) in [4.78, 5) is 4.57. The predicted molar refractivity (Wildman–Crippen MR) is 90.6 cm³/mol. The van der Waals surface area contributed by atoms with Crippen LogP contribution in [0.2, 0.25) is 0 Å². The van der Waals surface area contributed by atoms with Crippen molar-refractivity contribution in [2.75, 3.05) is 11.9 Å². The average Bonchev–Trinajstić information content (AvgIpc) is 3.17. The highest BCUT2D eigenvalue weighted by atomic mass is 32.1. The number of aromatic hydroxyl groups is 1. The van der Waals surface area contributed by atoms with E-state index in [4.69, 9.17) is 0 Å². The minimum Gasteiger partial charge on any atom is -0.508 e. The Kier molecular flexibility index (Phi) is 3.31. The minimum atomic E-state index is 0.328. The Morgan fingerprint density at radius 2 is 2.18 bits per heavy atom. The number of thiophene rings is 1. The lowest BCUT2D eigenvalue weighted by Gasteiger charge is -2.11. The van der Waals surface area contributed by atoms with Crippen molar-refractivity contribution in [3.63, 3.8) is 0 Å². The van der Waals surface area contributed by atoms with E-state index in [9.17, 15) is 5.11 Å². The lowest BCUT2D eigenvalue weighted by molar-refractivity contribution is 0.474. The van der Waals surface area contributed by atoms with E-state index in [1.807, 2.05) is 18.3 Å². The van der Waals surface area contributed by atoms with Crippen molar-refractivity contribution in [2.24, 2.45) is 0 Å². The summed E-state index contributed by atoms with van der Waals surface area (Å²) >= 11 is 1.70. The Morgan fingerprint density at radius 1 is 1.23 bits per heavy atom. The van der Waals surface area contributed by atoms with Gasteiger partial charge in [-0.1, -0.05) is 12.1 Å². The zero-order valence-corrected chi connectivity index (χ0v) is 12.8. The zero-order chi connectivity index (χ0) is 14.9. The molecule has 2 aromatic heterocycles. The molecule has 4 rings (SSSR count). The third-order valence-electron chi connectivity index (χ3n) is 4.12. The van der Waals surface area contributed by atoms with Crippen LogP contribution in [0.5, 0.6) is 5.75 Å². The van der Waals surface area contributed by atoms with E-state index in [1.54, 1.807) is 17.4 Å². The van der Waals surface area contributed by atoms with E-state index >= 15 is 0 Å². The molecule has 1 aliphatic heterocycles. The molecule has 0 radical (unpaired) electrons. The lowest BCUT2D eigenvalue weighted by atomic mass is 9.93. The molecular formula is C18H16N2OS. The van der Waals surface area contributed by atoms with Crippen LogP contribution in [0, 0.1) is 0 Å². The molecule has 0 amide bonds. The van der Waals surface area contributed by atoms with Crippen LogP contribution < -0.4 is 5.32 Å². The van der Waals surface area contributed by atoms with Gasteiger partial charge in [0.25, 0.3) is 0 Å². The predicted octanol–water partition coefficient (Wildman–Crippen LogP) is 4.27. The number of hydrogen-bond donors (Lipinski definition) is 2. The van der Waals surface area contributed by atoms with Crippen molar-refractivity contribution in [3.8, 4) is 16.9 Å². The first-order chi connectivity index (χ1) is 10.8. The highest BCUT2D eigenvalue weighted by molar-refractivity contribution is 7.08. The summed E-state index contributed by atoms with van der Waals surface area (Å²) in [5, 5.41) is 17.2. The molecule has 1 aliphatic rings. The van der Waals surface area contributed by atoms with E-state index in [2.05, 4.69) is 39.3 Å². The molecule has 1 unspecified atom stereocenters. The van der Waals surface area contributed by atoms with E-state index in [-0.39, 0.29) is 0 Å². The second kappa shape index (κ2) is 5.46. The fourth-order valence-electron chi connectivity index (χ4n) is 3.01. The number of rotatable bonds is 3. The first-order valence-electron chi connectivity index (χ1n) is 7.34. The molecule has 1 atom stereocenters. The van der Waals surface area contributed by atoms with Crippen molar-refractivity contribution in [1.82, 2.24) is 4.98 Å². The zero-order valence-electron chi connectivity index (χ0n) is 12.0. The van der Waals surface area contributed by atoms with Crippen LogP contribution >= 0.6 is 11.3 Å². The maximum Gasteiger partial charge on any atom is 0.129 e. The number of nitrogens with zero attached hydrogens (tertiary/aromatic N) is 1. The van der Waals surface area contributed by atoms with E-state index < -0.39 is 0 Å². The van der Waals surface area contributed by atoms with Crippen LogP contribution in [0.25, 0.3) is 11.1 Å². The van der Waals surface area contributed by atoms with Gasteiger partial charge < -0.3 is 10.4 Å². The maximum atomic E-state index is 9.62. The van der Waals surface area contributed by atoms with Crippen LogP contribution in [0.1, 0.15) is 17.0 Å². The van der Waals surface area contributed by atoms with Gasteiger partial charge in [0.05, 0.1) is 0 Å². The Labute approximate surface area is 133 Å². The number of benzene rings is 1. The maximum absolute atomic E-state index is 9.62. The third-order valence-corrected chi connectivity index (χ3v) is 4.80. The summed E-state index contributed by atoms with van der Waals surface area (Å²) in [7, 11) is 0. The van der Waals surface area contributed by atoms with Gasteiger partial charge in [0.1, 0.15) is 11.6 Å². The Bertz CT molecular complexity index is 799. The van der Waals surface area contributed by atoms with E-state index in [1.165, 1.54) is 16.7 Å². The number of fused-ring (bicyclic) bond motifs is 1. The normalized spacial score (nSPS) is 16.3. The van der Waals surface area contributed by atoms with Crippen LogP contribution in [0.4, 0.5) is 5.82 Å². The van der Waals surface area contributed by atoms with Crippen LogP contribution in [0.3, 0.4) is 0 Å². The molecule has 4 heteroatoms. The first kappa shape index (κ1) is 13.3. The molecule has 1 aromatic carbocycles. The summed E-state index contributed by atoms with van der Waals surface area (Å²) in [6.07, 6.45) is 2.84. The van der Waals surface area contributed by atoms with Gasteiger partial charge in [0.2, 0.25) is 0 Å². The van der Waals surface area contributed by atoms with Gasteiger partial charge in [0.15, 0.2) is 0 Å². The lowest BCUT2D eigenvalue weighted by Crippen LogP contribution is -2.05. The van der Waals surface area contributed by atoms with Crippen molar-refractivity contribution in [1.29, 1.82) is 0 Å². The number of hydrogen-bond acceptors (Lipinski definition) is 4. The highest BCUT2D eigenvalue weighted by Gasteiger charge is 2.24. The standard InChI is InChI=1S/C18H16N2OS/c21-16-3-1-2-12(7-16)6-15-10-20-18-17(15)8-14(9-19-18)13-4-5-22-11-13/h1-5,7-9,11,15,21H,6,10H2,(H,19,20). The molecular weight excluding hydrogens is 292 g/mol. The van der Waals surface area contributed by atoms with Gasteiger partial charge in [-0.25, -0.2) is 4.98 Å². The molecule has 3 aromatic rings. The van der Waals surface area contributed by atoms with Crippen molar-refractivity contribution < 1.29 is 5.11 Å². The Morgan fingerprint density at radius 3 is 3.00 bits per heavy atom. The quantitative estimate of drug-likeness (QED) is 0.759. The molecule has 3 heterocycles. The number of aromatic nitrogens is 1. The molecule has 3 nitrogen and oxygen atoms in total. The Hall–Kier alpha value is -2.33. The van der Waals surface area contributed by atoms with Gasteiger partial charge >= 0.3 is 0 Å². The Balaban J connectivity index is 1.65. The molecule has 0 saturated carbocycles. The van der Waals surface area contributed by atoms with Crippen molar-refractivity contribution in [2.45, 2.75) is 12.3 Å². The largest absolute Gasteiger partial charge is 0.508 e. The molecule has 0 saturated heterocycles. The summed E-state index contributed by atoms with van der Waals surface area (Å²) in [6.45, 7) is 0.894. The fraction of sp³-hybridized carbons (Fsp3) is 0.167. The number of pyridine rings is 1. The van der Waals surface area contributed by atoms with Crippen LogP contribution in [-0.2, 0) is 6.42 Å². The average molecular weight is 308 g/mol. The summed E-state index contributed by atoms with van der Waals surface area (Å²) in [5.74, 6) is 1.71. The fourth-order valence-corrected chi connectivity index (χ4v) is 3.67.